The van der Waals surface area contributed by atoms with Crippen LogP contribution in [-0.2, 0) is 0 Å². The molecule has 1 saturated carbocycles. The molecule has 0 aromatic carbocycles. The number of rotatable bonds is 4. The van der Waals surface area contributed by atoms with Crippen molar-refractivity contribution in [1.82, 2.24) is 0 Å². The number of hydrogen-bond donors (Lipinski definition) is 2. The predicted octanol–water partition coefficient (Wildman–Crippen LogP) is 1.91. The first-order valence-corrected chi connectivity index (χ1v) is 5.64. The molecule has 0 heterocycles. The molecule has 2 nitrogen and oxygen atoms in total. The van der Waals surface area contributed by atoms with Crippen molar-refractivity contribution in [3.05, 3.63) is 0 Å². The van der Waals surface area contributed by atoms with Crippen LogP contribution in [-0.4, -0.2) is 17.8 Å². The minimum atomic E-state index is 0.239. The molecule has 1 fully saturated rings. The lowest BCUT2D eigenvalue weighted by molar-refractivity contribution is 0.204. The zero-order valence-electron chi connectivity index (χ0n) is 8.71. The fraction of sp³-hybridized carbons (Fsp3) is 1.00. The summed E-state index contributed by atoms with van der Waals surface area (Å²) in [5.41, 5.74) is 5.99. The Kier molecular flexibility index (Phi) is 4.74. The molecule has 0 radical (unpaired) electrons. The highest BCUT2D eigenvalue weighted by Crippen LogP contribution is 2.32. The molecule has 0 saturated heterocycles. The van der Waals surface area contributed by atoms with E-state index in [2.05, 4.69) is 6.92 Å². The Bertz CT molecular complexity index is 130. The molecule has 0 aromatic heterocycles. The summed E-state index contributed by atoms with van der Waals surface area (Å²) in [5.74, 6) is 1.62. The minimum Gasteiger partial charge on any atom is -0.396 e. The summed E-state index contributed by atoms with van der Waals surface area (Å²) >= 11 is 0. The number of aliphatic hydroxyl groups is 1. The van der Waals surface area contributed by atoms with E-state index in [1.807, 2.05) is 0 Å². The van der Waals surface area contributed by atoms with Gasteiger partial charge in [-0.15, -0.1) is 0 Å². The highest BCUT2D eigenvalue weighted by molar-refractivity contribution is 4.79. The van der Waals surface area contributed by atoms with Crippen LogP contribution in [0.15, 0.2) is 0 Å². The van der Waals surface area contributed by atoms with Crippen molar-refractivity contribution in [3.63, 3.8) is 0 Å². The van der Waals surface area contributed by atoms with E-state index in [4.69, 9.17) is 10.8 Å². The fourth-order valence-corrected chi connectivity index (χ4v) is 2.41. The van der Waals surface area contributed by atoms with Crippen LogP contribution in [0.2, 0.25) is 0 Å². The van der Waals surface area contributed by atoms with Crippen LogP contribution in [0.3, 0.4) is 0 Å². The fourth-order valence-electron chi connectivity index (χ4n) is 2.41. The second-order valence-electron chi connectivity index (χ2n) is 4.37. The van der Waals surface area contributed by atoms with E-state index >= 15 is 0 Å². The Morgan fingerprint density at radius 2 is 1.92 bits per heavy atom. The lowest BCUT2D eigenvalue weighted by Crippen LogP contribution is -2.33. The van der Waals surface area contributed by atoms with Crippen molar-refractivity contribution in [3.8, 4) is 0 Å². The molecule has 2 heteroatoms. The zero-order valence-corrected chi connectivity index (χ0v) is 8.71. The van der Waals surface area contributed by atoms with Crippen LogP contribution in [0.1, 0.15) is 45.4 Å². The molecular formula is C11H23NO. The largest absolute Gasteiger partial charge is 0.396 e. The topological polar surface area (TPSA) is 46.2 Å². The summed E-state index contributed by atoms with van der Waals surface area (Å²) < 4.78 is 0. The maximum Gasteiger partial charge on any atom is 0.0445 e. The zero-order chi connectivity index (χ0) is 9.68. The van der Waals surface area contributed by atoms with Gasteiger partial charge in [0.1, 0.15) is 0 Å². The Hall–Kier alpha value is -0.0800. The maximum atomic E-state index is 8.79. The molecule has 78 valence electrons. The average molecular weight is 185 g/mol. The first kappa shape index (κ1) is 11.0. The van der Waals surface area contributed by atoms with Gasteiger partial charge in [0.2, 0.25) is 0 Å². The lowest BCUT2D eigenvalue weighted by Gasteiger charge is -2.31. The van der Waals surface area contributed by atoms with Crippen molar-refractivity contribution in [1.29, 1.82) is 0 Å². The van der Waals surface area contributed by atoms with E-state index < -0.39 is 0 Å². The molecule has 0 spiro atoms. The Morgan fingerprint density at radius 1 is 1.31 bits per heavy atom. The van der Waals surface area contributed by atoms with Gasteiger partial charge >= 0.3 is 0 Å². The van der Waals surface area contributed by atoms with Gasteiger partial charge < -0.3 is 10.8 Å². The van der Waals surface area contributed by atoms with Crippen molar-refractivity contribution < 1.29 is 5.11 Å². The summed E-state index contributed by atoms with van der Waals surface area (Å²) in [6, 6.07) is 0.239. The lowest BCUT2D eigenvalue weighted by atomic mass is 9.77. The van der Waals surface area contributed by atoms with Crippen molar-refractivity contribution in [2.75, 3.05) is 6.61 Å². The van der Waals surface area contributed by atoms with Gasteiger partial charge in [-0.05, 0) is 31.1 Å². The molecule has 1 rings (SSSR count). The molecule has 1 unspecified atom stereocenters. The van der Waals surface area contributed by atoms with Gasteiger partial charge in [0.25, 0.3) is 0 Å². The Morgan fingerprint density at radius 3 is 2.38 bits per heavy atom. The van der Waals surface area contributed by atoms with Gasteiger partial charge in [-0.1, -0.05) is 26.2 Å². The molecule has 0 amide bonds. The van der Waals surface area contributed by atoms with E-state index in [0.29, 0.717) is 5.92 Å². The first-order valence-electron chi connectivity index (χ1n) is 5.64. The first-order chi connectivity index (χ1) is 6.27. The molecule has 3 N–H and O–H groups in total. The van der Waals surface area contributed by atoms with Gasteiger partial charge in [-0.2, -0.15) is 0 Å². The molecule has 0 aromatic rings. The third-order valence-corrected chi connectivity index (χ3v) is 3.54. The van der Waals surface area contributed by atoms with Crippen LogP contribution in [0.4, 0.5) is 0 Å². The van der Waals surface area contributed by atoms with E-state index in [1.165, 1.54) is 32.1 Å². The number of nitrogens with two attached hydrogens (primary N) is 1. The summed E-state index contributed by atoms with van der Waals surface area (Å²) in [4.78, 5) is 0. The maximum absolute atomic E-state index is 8.79. The van der Waals surface area contributed by atoms with E-state index in [1.54, 1.807) is 0 Å². The molecule has 0 aliphatic heterocycles. The highest BCUT2D eigenvalue weighted by Gasteiger charge is 2.24. The summed E-state index contributed by atoms with van der Waals surface area (Å²) in [6.45, 7) is 2.52. The monoisotopic (exact) mass is 185 g/mol. The van der Waals surface area contributed by atoms with E-state index in [0.717, 1.165) is 12.3 Å². The van der Waals surface area contributed by atoms with Crippen molar-refractivity contribution in [2.24, 2.45) is 17.6 Å². The molecule has 1 atom stereocenters. The molecular weight excluding hydrogens is 162 g/mol. The SMILES string of the molecule is CCC1CCC(C(N)CCO)CC1. The smallest absolute Gasteiger partial charge is 0.0445 e. The third kappa shape index (κ3) is 3.28. The second-order valence-corrected chi connectivity index (χ2v) is 4.37. The highest BCUT2D eigenvalue weighted by atomic mass is 16.3. The van der Waals surface area contributed by atoms with Crippen molar-refractivity contribution in [2.45, 2.75) is 51.5 Å². The predicted molar refractivity (Wildman–Crippen MR) is 55.4 cm³/mol. The van der Waals surface area contributed by atoms with Crippen molar-refractivity contribution >= 4 is 0 Å². The Labute approximate surface area is 81.5 Å². The van der Waals surface area contributed by atoms with Crippen LogP contribution in [0, 0.1) is 11.8 Å². The van der Waals surface area contributed by atoms with Gasteiger partial charge in [0, 0.05) is 12.6 Å². The second kappa shape index (κ2) is 5.61. The molecule has 1 aliphatic rings. The van der Waals surface area contributed by atoms with Crippen LogP contribution in [0.5, 0.6) is 0 Å². The quantitative estimate of drug-likeness (QED) is 0.703. The number of hydrogen-bond acceptors (Lipinski definition) is 2. The summed E-state index contributed by atoms with van der Waals surface area (Å²) in [7, 11) is 0. The van der Waals surface area contributed by atoms with Gasteiger partial charge in [-0.25, -0.2) is 0 Å². The van der Waals surface area contributed by atoms with Crippen LogP contribution < -0.4 is 5.73 Å². The minimum absolute atomic E-state index is 0.239. The molecule has 0 bridgehead atoms. The normalized spacial score (nSPS) is 31.6. The Balaban J connectivity index is 2.23. The standard InChI is InChI=1S/C11H23NO/c1-2-9-3-5-10(6-4-9)11(12)7-8-13/h9-11,13H,2-8,12H2,1H3. The summed E-state index contributed by atoms with van der Waals surface area (Å²) in [6.07, 6.45) is 7.35. The number of aliphatic hydroxyl groups excluding tert-OH is 1. The van der Waals surface area contributed by atoms with Gasteiger partial charge in [-0.3, -0.25) is 0 Å². The third-order valence-electron chi connectivity index (χ3n) is 3.54. The summed E-state index contributed by atoms with van der Waals surface area (Å²) in [5, 5.41) is 8.79. The van der Waals surface area contributed by atoms with Crippen LogP contribution in [0.25, 0.3) is 0 Å². The molecule has 1 aliphatic carbocycles. The van der Waals surface area contributed by atoms with E-state index in [9.17, 15) is 0 Å². The molecule has 13 heavy (non-hydrogen) atoms. The average Bonchev–Trinajstić information content (AvgIpc) is 2.18. The van der Waals surface area contributed by atoms with Gasteiger partial charge in [0.15, 0.2) is 0 Å². The van der Waals surface area contributed by atoms with E-state index in [-0.39, 0.29) is 12.6 Å². The van der Waals surface area contributed by atoms with Gasteiger partial charge in [0.05, 0.1) is 0 Å². The van der Waals surface area contributed by atoms with Crippen LogP contribution >= 0.6 is 0 Å².